The fourth-order valence-corrected chi connectivity index (χ4v) is 2.96. The molecule has 1 aromatic carbocycles. The van der Waals surface area contributed by atoms with Gasteiger partial charge in [-0.25, -0.2) is 0 Å². The topological polar surface area (TPSA) is 26.0 Å². The molecule has 2 atom stereocenters. The van der Waals surface area contributed by atoms with Crippen LogP contribution in [0.25, 0.3) is 0 Å². The zero-order valence-electron chi connectivity index (χ0n) is 9.74. The maximum atomic E-state index is 6.20. The Labute approximate surface area is 122 Å². The molecule has 17 heavy (non-hydrogen) atoms. The van der Waals surface area contributed by atoms with E-state index in [9.17, 15) is 0 Å². The first-order valence-electron chi connectivity index (χ1n) is 5.43. The fraction of sp³-hybridized carbons (Fsp3) is 0.500. The lowest BCUT2D eigenvalue weighted by Gasteiger charge is -2.23. The molecule has 0 fully saturated rings. The van der Waals surface area contributed by atoms with Gasteiger partial charge in [0.2, 0.25) is 0 Å². The molecule has 5 heteroatoms. The minimum atomic E-state index is 0.162. The molecule has 96 valence electrons. The number of benzene rings is 1. The standard InChI is InChI=1S/C12H15Cl4N/c1-6(3-4-17)7(2)10-11(15)8(13)5-9(14)12(10)16/h5-7H,3-4,17H2,1-2H3. The van der Waals surface area contributed by atoms with Crippen LogP contribution in [0.2, 0.25) is 20.1 Å². The van der Waals surface area contributed by atoms with Gasteiger partial charge in [-0.3, -0.25) is 0 Å². The van der Waals surface area contributed by atoms with Crippen molar-refractivity contribution in [1.82, 2.24) is 0 Å². The number of rotatable bonds is 4. The first kappa shape index (κ1) is 15.4. The number of hydrogen-bond donors (Lipinski definition) is 1. The molecule has 0 bridgehead atoms. The Morgan fingerprint density at radius 2 is 1.53 bits per heavy atom. The SMILES string of the molecule is CC(CCN)C(C)c1c(Cl)c(Cl)cc(Cl)c1Cl. The van der Waals surface area contributed by atoms with Gasteiger partial charge in [0, 0.05) is 0 Å². The molecule has 0 amide bonds. The van der Waals surface area contributed by atoms with Crippen LogP contribution in [0.4, 0.5) is 0 Å². The highest BCUT2D eigenvalue weighted by Crippen LogP contribution is 2.43. The van der Waals surface area contributed by atoms with Gasteiger partial charge in [0.15, 0.2) is 0 Å². The molecule has 2 N–H and O–H groups in total. The summed E-state index contributed by atoms with van der Waals surface area (Å²) in [6, 6.07) is 1.57. The molecular weight excluding hydrogens is 300 g/mol. The molecule has 1 aromatic rings. The predicted octanol–water partition coefficient (Wildman–Crippen LogP) is 5.39. The van der Waals surface area contributed by atoms with Gasteiger partial charge >= 0.3 is 0 Å². The molecule has 0 aliphatic rings. The van der Waals surface area contributed by atoms with Crippen LogP contribution in [-0.4, -0.2) is 6.54 Å². The molecule has 0 aromatic heterocycles. The van der Waals surface area contributed by atoms with Crippen LogP contribution < -0.4 is 5.73 Å². The fourth-order valence-electron chi connectivity index (χ4n) is 1.79. The normalized spacial score (nSPS) is 14.8. The summed E-state index contributed by atoms with van der Waals surface area (Å²) in [5.74, 6) is 0.527. The van der Waals surface area contributed by atoms with Gasteiger partial charge in [-0.2, -0.15) is 0 Å². The Kier molecular flexibility index (Phi) is 5.88. The van der Waals surface area contributed by atoms with Crippen LogP contribution in [0, 0.1) is 5.92 Å². The van der Waals surface area contributed by atoms with Gasteiger partial charge in [0.05, 0.1) is 20.1 Å². The van der Waals surface area contributed by atoms with Crippen molar-refractivity contribution in [3.8, 4) is 0 Å². The molecule has 0 spiro atoms. The maximum absolute atomic E-state index is 6.20. The second-order valence-corrected chi connectivity index (χ2v) is 5.80. The van der Waals surface area contributed by atoms with Crippen molar-refractivity contribution in [3.63, 3.8) is 0 Å². The zero-order valence-corrected chi connectivity index (χ0v) is 12.8. The summed E-state index contributed by atoms with van der Waals surface area (Å²) in [5.41, 5.74) is 6.37. The van der Waals surface area contributed by atoms with Crippen molar-refractivity contribution >= 4 is 46.4 Å². The van der Waals surface area contributed by atoms with Crippen LogP contribution in [0.3, 0.4) is 0 Å². The summed E-state index contributed by atoms with van der Waals surface area (Å²) in [5, 5.41) is 1.83. The van der Waals surface area contributed by atoms with Crippen LogP contribution in [0.5, 0.6) is 0 Å². The third-order valence-electron chi connectivity index (χ3n) is 3.08. The number of hydrogen-bond acceptors (Lipinski definition) is 1. The van der Waals surface area contributed by atoms with Gasteiger partial charge in [-0.05, 0) is 36.4 Å². The maximum Gasteiger partial charge on any atom is 0.0643 e. The average Bonchev–Trinajstić information content (AvgIpc) is 2.27. The Balaban J connectivity index is 3.20. The molecule has 0 saturated carbocycles. The Morgan fingerprint density at radius 3 is 1.94 bits per heavy atom. The lowest BCUT2D eigenvalue weighted by atomic mass is 9.86. The molecule has 2 unspecified atom stereocenters. The molecule has 0 saturated heterocycles. The monoisotopic (exact) mass is 313 g/mol. The molecule has 1 rings (SSSR count). The van der Waals surface area contributed by atoms with Crippen LogP contribution in [0.1, 0.15) is 31.7 Å². The summed E-state index contributed by atoms with van der Waals surface area (Å²) in [4.78, 5) is 0. The van der Waals surface area contributed by atoms with E-state index in [0.29, 0.717) is 32.6 Å². The summed E-state index contributed by atoms with van der Waals surface area (Å²) in [6.45, 7) is 4.80. The van der Waals surface area contributed by atoms with E-state index in [-0.39, 0.29) is 5.92 Å². The van der Waals surface area contributed by atoms with E-state index in [1.54, 1.807) is 6.07 Å². The largest absolute Gasteiger partial charge is 0.330 e. The van der Waals surface area contributed by atoms with Gasteiger partial charge < -0.3 is 5.73 Å². The second-order valence-electron chi connectivity index (χ2n) is 4.23. The first-order valence-corrected chi connectivity index (χ1v) is 6.94. The van der Waals surface area contributed by atoms with E-state index < -0.39 is 0 Å². The third kappa shape index (κ3) is 3.42. The van der Waals surface area contributed by atoms with Crippen molar-refractivity contribution in [2.24, 2.45) is 11.7 Å². The van der Waals surface area contributed by atoms with Crippen LogP contribution in [-0.2, 0) is 0 Å². The minimum absolute atomic E-state index is 0.162. The van der Waals surface area contributed by atoms with Crippen LogP contribution >= 0.6 is 46.4 Å². The van der Waals surface area contributed by atoms with Crippen molar-refractivity contribution in [2.75, 3.05) is 6.54 Å². The van der Waals surface area contributed by atoms with E-state index in [0.717, 1.165) is 12.0 Å². The smallest absolute Gasteiger partial charge is 0.0643 e. The van der Waals surface area contributed by atoms with Gasteiger partial charge in [0.1, 0.15) is 0 Å². The summed E-state index contributed by atoms with van der Waals surface area (Å²) in [6.07, 6.45) is 0.901. The van der Waals surface area contributed by atoms with E-state index in [1.165, 1.54) is 0 Å². The molecular formula is C12H15Cl4N. The van der Waals surface area contributed by atoms with E-state index in [2.05, 4.69) is 13.8 Å². The predicted molar refractivity (Wildman–Crippen MR) is 77.7 cm³/mol. The molecule has 0 aliphatic heterocycles. The van der Waals surface area contributed by atoms with Crippen molar-refractivity contribution in [2.45, 2.75) is 26.2 Å². The van der Waals surface area contributed by atoms with Crippen molar-refractivity contribution < 1.29 is 0 Å². The summed E-state index contributed by atoms with van der Waals surface area (Å²) < 4.78 is 0. The highest BCUT2D eigenvalue weighted by atomic mass is 35.5. The highest BCUT2D eigenvalue weighted by Gasteiger charge is 2.22. The van der Waals surface area contributed by atoms with E-state index in [1.807, 2.05) is 0 Å². The van der Waals surface area contributed by atoms with Gasteiger partial charge in [-0.15, -0.1) is 0 Å². The lowest BCUT2D eigenvalue weighted by Crippen LogP contribution is -2.13. The Morgan fingerprint density at radius 1 is 1.06 bits per heavy atom. The van der Waals surface area contributed by atoms with Gasteiger partial charge in [-0.1, -0.05) is 60.3 Å². The quantitative estimate of drug-likeness (QED) is 0.741. The Bertz CT molecular complexity index is 380. The Hall–Kier alpha value is 0.340. The first-order chi connectivity index (χ1) is 7.90. The third-order valence-corrected chi connectivity index (χ3v) is 4.68. The zero-order chi connectivity index (χ0) is 13.2. The summed E-state index contributed by atoms with van der Waals surface area (Å²) >= 11 is 24.4. The van der Waals surface area contributed by atoms with E-state index >= 15 is 0 Å². The van der Waals surface area contributed by atoms with E-state index in [4.69, 9.17) is 52.1 Å². The summed E-state index contributed by atoms with van der Waals surface area (Å²) in [7, 11) is 0. The highest BCUT2D eigenvalue weighted by molar-refractivity contribution is 6.48. The molecule has 1 nitrogen and oxygen atoms in total. The molecule has 0 heterocycles. The van der Waals surface area contributed by atoms with Crippen molar-refractivity contribution in [1.29, 1.82) is 0 Å². The molecule has 0 radical (unpaired) electrons. The minimum Gasteiger partial charge on any atom is -0.330 e. The molecule has 0 aliphatic carbocycles. The number of nitrogens with two attached hydrogens (primary N) is 1. The lowest BCUT2D eigenvalue weighted by molar-refractivity contribution is 0.460. The van der Waals surface area contributed by atoms with Gasteiger partial charge in [0.25, 0.3) is 0 Å². The second kappa shape index (κ2) is 6.49. The average molecular weight is 315 g/mol. The number of halogens is 4. The van der Waals surface area contributed by atoms with Crippen LogP contribution in [0.15, 0.2) is 6.07 Å². The van der Waals surface area contributed by atoms with Crippen molar-refractivity contribution in [3.05, 3.63) is 31.7 Å².